The number of methoxy groups -OCH3 is 1. The van der Waals surface area contributed by atoms with E-state index in [0.717, 1.165) is 11.8 Å². The molecule has 0 aliphatic rings. The van der Waals surface area contributed by atoms with E-state index in [4.69, 9.17) is 15.3 Å². The maximum atomic E-state index is 12.4. The number of nitrogen functional groups attached to an aromatic ring is 1. The molecule has 2 aromatic carbocycles. The second-order valence-electron chi connectivity index (χ2n) is 8.21. The number of carbonyl (C=O) groups is 2. The lowest BCUT2D eigenvalue weighted by Crippen LogP contribution is -2.19. The number of nitrogens with two attached hydrogens (primary N) is 1. The van der Waals surface area contributed by atoms with Gasteiger partial charge in [-0.1, -0.05) is 56.8 Å². The Balaban J connectivity index is 1.55. The Morgan fingerprint density at radius 1 is 1.09 bits per heavy atom. The number of benzene rings is 2. The molecule has 0 spiro atoms. The van der Waals surface area contributed by atoms with Crippen LogP contribution in [-0.2, 0) is 21.6 Å². The fourth-order valence-corrected chi connectivity index (χ4v) is 3.57. The van der Waals surface area contributed by atoms with Gasteiger partial charge in [0, 0.05) is 0 Å². The molecule has 3 aromatic rings. The van der Waals surface area contributed by atoms with Crippen LogP contribution in [0.2, 0.25) is 0 Å². The van der Waals surface area contributed by atoms with Crippen LogP contribution in [0.15, 0.2) is 53.7 Å². The third-order valence-corrected chi connectivity index (χ3v) is 5.71. The predicted octanol–water partition coefficient (Wildman–Crippen LogP) is 3.39. The number of hydrogen-bond acceptors (Lipinski definition) is 8. The van der Waals surface area contributed by atoms with Crippen LogP contribution in [0.3, 0.4) is 0 Å². The quantitative estimate of drug-likeness (QED) is 0.293. The molecule has 3 rings (SSSR count). The highest BCUT2D eigenvalue weighted by atomic mass is 32.2. The van der Waals surface area contributed by atoms with Crippen LogP contribution in [0, 0.1) is 0 Å². The van der Waals surface area contributed by atoms with Crippen molar-refractivity contribution in [1.29, 1.82) is 0 Å². The maximum absolute atomic E-state index is 12.4. The maximum Gasteiger partial charge on any atom is 0.339 e. The van der Waals surface area contributed by atoms with Gasteiger partial charge in [-0.15, -0.1) is 10.2 Å². The fraction of sp³-hybridized carbons (Fsp3) is 0.304. The van der Waals surface area contributed by atoms with Crippen molar-refractivity contribution in [2.75, 3.05) is 24.0 Å². The smallest absolute Gasteiger partial charge is 0.339 e. The molecule has 0 atom stereocenters. The Kier molecular flexibility index (Phi) is 7.59. The molecule has 0 aliphatic carbocycles. The summed E-state index contributed by atoms with van der Waals surface area (Å²) in [5.74, 6) is 6.37. The van der Waals surface area contributed by atoms with Gasteiger partial charge in [0.2, 0.25) is 11.1 Å². The summed E-state index contributed by atoms with van der Waals surface area (Å²) in [4.78, 5) is 24.2. The highest BCUT2D eigenvalue weighted by molar-refractivity contribution is 7.99. The lowest BCUT2D eigenvalue weighted by molar-refractivity contribution is -0.113. The van der Waals surface area contributed by atoms with Crippen LogP contribution < -0.4 is 15.9 Å². The van der Waals surface area contributed by atoms with Crippen molar-refractivity contribution < 1.29 is 19.1 Å². The minimum atomic E-state index is -0.530. The molecule has 0 radical (unpaired) electrons. The van der Waals surface area contributed by atoms with Crippen LogP contribution in [0.5, 0.6) is 5.75 Å². The largest absolute Gasteiger partial charge is 0.486 e. The van der Waals surface area contributed by atoms with Crippen molar-refractivity contribution in [1.82, 2.24) is 14.9 Å². The Morgan fingerprint density at radius 2 is 1.79 bits per heavy atom. The molecule has 174 valence electrons. The van der Waals surface area contributed by atoms with Gasteiger partial charge in [-0.2, -0.15) is 0 Å². The monoisotopic (exact) mass is 469 g/mol. The Bertz CT molecular complexity index is 1120. The molecule has 0 aliphatic heterocycles. The minimum Gasteiger partial charge on any atom is -0.486 e. The number of ether oxygens (including phenoxy) is 2. The molecule has 3 N–H and O–H groups in total. The average molecular weight is 470 g/mol. The van der Waals surface area contributed by atoms with Crippen molar-refractivity contribution in [3.8, 4) is 5.75 Å². The SMILES string of the molecule is COC(=O)c1ccccc1NC(=O)CSc1nnc(COc2ccc(C(C)(C)C)cc2)n1N. The highest BCUT2D eigenvalue weighted by Crippen LogP contribution is 2.25. The molecule has 0 bridgehead atoms. The van der Waals surface area contributed by atoms with Crippen LogP contribution in [-0.4, -0.2) is 39.6 Å². The Morgan fingerprint density at radius 3 is 2.45 bits per heavy atom. The number of thioether (sulfide) groups is 1. The Hall–Kier alpha value is -3.53. The summed E-state index contributed by atoms with van der Waals surface area (Å²) in [6, 6.07) is 14.5. The van der Waals surface area contributed by atoms with Crippen molar-refractivity contribution >= 4 is 29.3 Å². The summed E-state index contributed by atoms with van der Waals surface area (Å²) in [6.45, 7) is 6.59. The topological polar surface area (TPSA) is 121 Å². The molecule has 10 heteroatoms. The number of carbonyl (C=O) groups excluding carboxylic acids is 2. The zero-order chi connectivity index (χ0) is 24.0. The number of rotatable bonds is 8. The van der Waals surface area contributed by atoms with Gasteiger partial charge in [-0.3, -0.25) is 4.79 Å². The van der Waals surface area contributed by atoms with Crippen LogP contribution in [0.4, 0.5) is 5.69 Å². The lowest BCUT2D eigenvalue weighted by atomic mass is 9.87. The normalized spacial score (nSPS) is 11.2. The van der Waals surface area contributed by atoms with Crippen LogP contribution in [0.1, 0.15) is 42.5 Å². The first-order valence-electron chi connectivity index (χ1n) is 10.2. The molecule has 1 amide bonds. The van der Waals surface area contributed by atoms with Gasteiger partial charge in [-0.25, -0.2) is 9.47 Å². The molecule has 33 heavy (non-hydrogen) atoms. The van der Waals surface area contributed by atoms with Crippen molar-refractivity contribution in [3.05, 3.63) is 65.5 Å². The second kappa shape index (κ2) is 10.4. The number of nitrogens with zero attached hydrogens (tertiary/aromatic N) is 3. The summed E-state index contributed by atoms with van der Waals surface area (Å²) in [5.41, 5.74) is 1.92. The third-order valence-electron chi connectivity index (χ3n) is 4.76. The number of anilines is 1. The molecule has 9 nitrogen and oxygen atoms in total. The van der Waals surface area contributed by atoms with Gasteiger partial charge in [0.25, 0.3) is 0 Å². The zero-order valence-corrected chi connectivity index (χ0v) is 19.8. The van der Waals surface area contributed by atoms with E-state index in [1.54, 1.807) is 24.3 Å². The van der Waals surface area contributed by atoms with Crippen molar-refractivity contribution in [2.24, 2.45) is 0 Å². The standard InChI is InChI=1S/C23H27N5O4S/c1-23(2,3)15-9-11-16(12-10-15)32-13-19-26-27-22(28(19)24)33-14-20(29)25-18-8-6-5-7-17(18)21(30)31-4/h5-12H,13-14,24H2,1-4H3,(H,25,29). The van der Waals surface area contributed by atoms with E-state index < -0.39 is 5.97 Å². The third kappa shape index (κ3) is 6.26. The van der Waals surface area contributed by atoms with Crippen LogP contribution in [0.25, 0.3) is 0 Å². The molecular weight excluding hydrogens is 442 g/mol. The number of para-hydroxylation sites is 1. The van der Waals surface area contributed by atoms with Crippen LogP contribution >= 0.6 is 11.8 Å². The summed E-state index contributed by atoms with van der Waals surface area (Å²) >= 11 is 1.12. The van der Waals surface area contributed by atoms with Gasteiger partial charge in [0.05, 0.1) is 24.1 Å². The van der Waals surface area contributed by atoms with Crippen molar-refractivity contribution in [2.45, 2.75) is 37.9 Å². The molecule has 1 heterocycles. The number of hydrogen-bond donors (Lipinski definition) is 2. The average Bonchev–Trinajstić information content (AvgIpc) is 3.15. The van der Waals surface area contributed by atoms with E-state index in [2.05, 4.69) is 36.3 Å². The molecule has 0 unspecified atom stereocenters. The summed E-state index contributed by atoms with van der Waals surface area (Å²) < 4.78 is 11.8. The van der Waals surface area contributed by atoms with E-state index >= 15 is 0 Å². The Labute approximate surface area is 196 Å². The minimum absolute atomic E-state index is 0.0277. The summed E-state index contributed by atoms with van der Waals surface area (Å²) in [5, 5.41) is 11.1. The highest BCUT2D eigenvalue weighted by Gasteiger charge is 2.16. The molecule has 0 saturated heterocycles. The van der Waals surface area contributed by atoms with Gasteiger partial charge in [0.1, 0.15) is 12.4 Å². The first kappa shape index (κ1) is 24.1. The number of esters is 1. The number of aromatic nitrogens is 3. The number of amides is 1. The molecule has 1 aromatic heterocycles. The van der Waals surface area contributed by atoms with E-state index in [1.165, 1.54) is 17.3 Å². The van der Waals surface area contributed by atoms with E-state index in [1.807, 2.05) is 24.3 Å². The fourth-order valence-electron chi connectivity index (χ4n) is 2.90. The van der Waals surface area contributed by atoms with Gasteiger partial charge in [0.15, 0.2) is 5.82 Å². The van der Waals surface area contributed by atoms with Gasteiger partial charge < -0.3 is 20.6 Å². The lowest BCUT2D eigenvalue weighted by Gasteiger charge is -2.19. The first-order valence-corrected chi connectivity index (χ1v) is 11.2. The van der Waals surface area contributed by atoms with E-state index in [9.17, 15) is 9.59 Å². The van der Waals surface area contributed by atoms with E-state index in [-0.39, 0.29) is 29.2 Å². The van der Waals surface area contributed by atoms with Gasteiger partial charge in [-0.05, 0) is 35.2 Å². The zero-order valence-electron chi connectivity index (χ0n) is 19.0. The van der Waals surface area contributed by atoms with Crippen molar-refractivity contribution in [3.63, 3.8) is 0 Å². The first-order chi connectivity index (χ1) is 15.7. The predicted molar refractivity (Wildman–Crippen MR) is 127 cm³/mol. The van der Waals surface area contributed by atoms with Gasteiger partial charge >= 0.3 is 5.97 Å². The van der Waals surface area contributed by atoms with E-state index in [0.29, 0.717) is 22.4 Å². The second-order valence-corrected chi connectivity index (χ2v) is 9.15. The molecular formula is C23H27N5O4S. The summed E-state index contributed by atoms with van der Waals surface area (Å²) in [6.07, 6.45) is 0. The number of nitrogens with one attached hydrogen (secondary N) is 1. The molecule has 0 fully saturated rings. The summed E-state index contributed by atoms with van der Waals surface area (Å²) in [7, 11) is 1.28. The molecule has 0 saturated carbocycles.